The van der Waals surface area contributed by atoms with E-state index in [2.05, 4.69) is 0 Å². The predicted molar refractivity (Wildman–Crippen MR) is 82.4 cm³/mol. The second kappa shape index (κ2) is 5.69. The number of aromatic nitrogens is 1. The Morgan fingerprint density at radius 2 is 2.14 bits per heavy atom. The first-order valence-corrected chi connectivity index (χ1v) is 6.98. The second-order valence-corrected chi connectivity index (χ2v) is 5.36. The predicted octanol–water partition coefficient (Wildman–Crippen LogP) is 2.92. The summed E-state index contributed by atoms with van der Waals surface area (Å²) in [5.74, 6) is -0.343. The molecule has 112 valence electrons. The third-order valence-corrected chi connectivity index (χ3v) is 3.60. The number of carbonyl (C=O) groups is 1. The van der Waals surface area contributed by atoms with Crippen molar-refractivity contribution in [2.45, 2.75) is 13.0 Å². The Hall–Kier alpha value is -2.53. The summed E-state index contributed by atoms with van der Waals surface area (Å²) in [6.45, 7) is -0.233. The van der Waals surface area contributed by atoms with Gasteiger partial charge in [0.15, 0.2) is 5.43 Å². The van der Waals surface area contributed by atoms with Gasteiger partial charge in [0.25, 0.3) is 0 Å². The summed E-state index contributed by atoms with van der Waals surface area (Å²) in [4.78, 5) is 23.6. The van der Waals surface area contributed by atoms with Crippen LogP contribution in [-0.4, -0.2) is 15.6 Å². The van der Waals surface area contributed by atoms with Crippen molar-refractivity contribution in [3.63, 3.8) is 0 Å². The molecule has 0 aliphatic rings. The normalized spacial score (nSPS) is 11.0. The summed E-state index contributed by atoms with van der Waals surface area (Å²) in [6.07, 6.45) is 3.39. The maximum atomic E-state index is 12.6. The van der Waals surface area contributed by atoms with Crippen LogP contribution < -0.4 is 5.43 Å². The van der Waals surface area contributed by atoms with E-state index in [1.807, 2.05) is 0 Å². The highest BCUT2D eigenvalue weighted by Gasteiger charge is 2.13. The van der Waals surface area contributed by atoms with E-state index in [0.717, 1.165) is 0 Å². The Morgan fingerprint density at radius 3 is 2.82 bits per heavy atom. The monoisotopic (exact) mass is 317 g/mol. The lowest BCUT2D eigenvalue weighted by Crippen LogP contribution is -2.18. The van der Waals surface area contributed by atoms with Crippen LogP contribution in [0.1, 0.15) is 11.3 Å². The topological polar surface area (TPSA) is 72.4 Å². The molecule has 2 aromatic heterocycles. The van der Waals surface area contributed by atoms with E-state index in [1.165, 1.54) is 10.8 Å². The molecule has 0 amide bonds. The van der Waals surface area contributed by atoms with Crippen LogP contribution >= 0.6 is 11.6 Å². The molecule has 0 radical (unpaired) electrons. The van der Waals surface area contributed by atoms with Crippen molar-refractivity contribution in [1.82, 2.24) is 4.57 Å². The molecular formula is C16H12ClNO4. The van der Waals surface area contributed by atoms with Crippen LogP contribution in [-0.2, 0) is 17.8 Å². The average molecular weight is 318 g/mol. The van der Waals surface area contributed by atoms with Gasteiger partial charge in [0, 0.05) is 28.6 Å². The average Bonchev–Trinajstić information content (AvgIpc) is 2.96. The van der Waals surface area contributed by atoms with Crippen molar-refractivity contribution >= 4 is 28.5 Å². The van der Waals surface area contributed by atoms with E-state index in [9.17, 15) is 9.59 Å². The highest BCUT2D eigenvalue weighted by molar-refractivity contribution is 6.31. The highest BCUT2D eigenvalue weighted by atomic mass is 35.5. The molecule has 1 aromatic carbocycles. The Labute approximate surface area is 130 Å². The Morgan fingerprint density at radius 1 is 1.32 bits per heavy atom. The fourth-order valence-corrected chi connectivity index (χ4v) is 2.61. The summed E-state index contributed by atoms with van der Waals surface area (Å²) in [5, 5.41) is 9.89. The number of aliphatic carboxylic acids is 1. The molecule has 0 spiro atoms. The van der Waals surface area contributed by atoms with Crippen molar-refractivity contribution in [2.24, 2.45) is 0 Å². The van der Waals surface area contributed by atoms with Gasteiger partial charge < -0.3 is 14.1 Å². The highest BCUT2D eigenvalue weighted by Crippen LogP contribution is 2.19. The molecule has 0 bridgehead atoms. The summed E-state index contributed by atoms with van der Waals surface area (Å²) in [6, 6.07) is 8.35. The first-order chi connectivity index (χ1) is 10.5. The van der Waals surface area contributed by atoms with Crippen LogP contribution in [0.3, 0.4) is 0 Å². The van der Waals surface area contributed by atoms with Gasteiger partial charge in [-0.05, 0) is 30.3 Å². The lowest BCUT2D eigenvalue weighted by molar-refractivity contribution is -0.137. The molecule has 0 saturated heterocycles. The van der Waals surface area contributed by atoms with E-state index in [0.29, 0.717) is 33.7 Å². The first-order valence-electron chi connectivity index (χ1n) is 6.60. The van der Waals surface area contributed by atoms with Crippen molar-refractivity contribution in [3.05, 3.63) is 69.4 Å². The zero-order chi connectivity index (χ0) is 15.7. The Kier molecular flexibility index (Phi) is 3.73. The number of hydrogen-bond acceptors (Lipinski definition) is 3. The molecule has 0 fully saturated rings. The Balaban J connectivity index is 2.21. The third kappa shape index (κ3) is 2.76. The van der Waals surface area contributed by atoms with Crippen molar-refractivity contribution in [3.8, 4) is 0 Å². The van der Waals surface area contributed by atoms with Gasteiger partial charge in [-0.25, -0.2) is 0 Å². The number of carboxylic acid groups (broad SMARTS) is 1. The standard InChI is InChI=1S/C16H12ClNO4/c17-11-3-4-14-13(7-11)16(21)10(6-12-2-1-5-22-12)8-18(14)9-15(19)20/h1-5,7-8H,6,9H2,(H,19,20). The smallest absolute Gasteiger partial charge is 0.323 e. The van der Waals surface area contributed by atoms with Crippen LogP contribution in [0.2, 0.25) is 5.02 Å². The zero-order valence-electron chi connectivity index (χ0n) is 11.5. The summed E-state index contributed by atoms with van der Waals surface area (Å²) in [5.41, 5.74) is 0.835. The van der Waals surface area contributed by atoms with Crippen LogP contribution in [0.4, 0.5) is 0 Å². The summed E-state index contributed by atoms with van der Waals surface area (Å²) in [7, 11) is 0. The Bertz CT molecular complexity index is 896. The summed E-state index contributed by atoms with van der Waals surface area (Å²) < 4.78 is 6.79. The lowest BCUT2D eigenvalue weighted by atomic mass is 10.1. The molecule has 6 heteroatoms. The van der Waals surface area contributed by atoms with Gasteiger partial charge >= 0.3 is 5.97 Å². The van der Waals surface area contributed by atoms with Gasteiger partial charge in [0.05, 0.1) is 11.8 Å². The van der Waals surface area contributed by atoms with Gasteiger partial charge in [-0.3, -0.25) is 9.59 Å². The fraction of sp³-hybridized carbons (Fsp3) is 0.125. The van der Waals surface area contributed by atoms with Crippen molar-refractivity contribution in [2.75, 3.05) is 0 Å². The molecule has 0 atom stereocenters. The van der Waals surface area contributed by atoms with Crippen LogP contribution in [0.5, 0.6) is 0 Å². The minimum atomic E-state index is -0.983. The van der Waals surface area contributed by atoms with Crippen molar-refractivity contribution in [1.29, 1.82) is 0 Å². The molecule has 0 aliphatic heterocycles. The molecule has 5 nitrogen and oxygen atoms in total. The number of benzene rings is 1. The molecule has 22 heavy (non-hydrogen) atoms. The maximum Gasteiger partial charge on any atom is 0.323 e. The molecule has 2 heterocycles. The minimum Gasteiger partial charge on any atom is -0.480 e. The van der Waals surface area contributed by atoms with E-state index in [4.69, 9.17) is 21.1 Å². The number of rotatable bonds is 4. The number of carboxylic acids is 1. The summed E-state index contributed by atoms with van der Waals surface area (Å²) >= 11 is 5.96. The molecular weight excluding hydrogens is 306 g/mol. The fourth-order valence-electron chi connectivity index (χ4n) is 2.43. The number of furan rings is 1. The van der Waals surface area contributed by atoms with Gasteiger partial charge in [0.1, 0.15) is 12.3 Å². The minimum absolute atomic E-state index is 0.171. The van der Waals surface area contributed by atoms with Gasteiger partial charge in [-0.15, -0.1) is 0 Å². The zero-order valence-corrected chi connectivity index (χ0v) is 12.2. The van der Waals surface area contributed by atoms with Gasteiger partial charge in [-0.2, -0.15) is 0 Å². The van der Waals surface area contributed by atoms with E-state index >= 15 is 0 Å². The molecule has 0 unspecified atom stereocenters. The number of fused-ring (bicyclic) bond motifs is 1. The van der Waals surface area contributed by atoms with Gasteiger partial charge in [-0.1, -0.05) is 11.6 Å². The van der Waals surface area contributed by atoms with Crippen LogP contribution in [0.25, 0.3) is 10.9 Å². The van der Waals surface area contributed by atoms with E-state index < -0.39 is 5.97 Å². The lowest BCUT2D eigenvalue weighted by Gasteiger charge is -2.11. The number of hydrogen-bond donors (Lipinski definition) is 1. The number of halogens is 1. The largest absolute Gasteiger partial charge is 0.480 e. The molecule has 3 rings (SSSR count). The molecule has 0 saturated carbocycles. The van der Waals surface area contributed by atoms with Crippen molar-refractivity contribution < 1.29 is 14.3 Å². The van der Waals surface area contributed by atoms with E-state index in [-0.39, 0.29) is 12.0 Å². The second-order valence-electron chi connectivity index (χ2n) is 4.92. The third-order valence-electron chi connectivity index (χ3n) is 3.37. The van der Waals surface area contributed by atoms with Gasteiger partial charge in [0.2, 0.25) is 0 Å². The molecule has 3 aromatic rings. The van der Waals surface area contributed by atoms with E-state index in [1.54, 1.807) is 36.5 Å². The first kappa shape index (κ1) is 14.4. The SMILES string of the molecule is O=C(O)Cn1cc(Cc2ccco2)c(=O)c2cc(Cl)ccc21. The maximum absolute atomic E-state index is 12.6. The quantitative estimate of drug-likeness (QED) is 0.803. The molecule has 0 aliphatic carbocycles. The number of pyridine rings is 1. The molecule has 1 N–H and O–H groups in total. The van der Waals surface area contributed by atoms with Crippen LogP contribution in [0.15, 0.2) is 52.0 Å². The number of nitrogens with zero attached hydrogens (tertiary/aromatic N) is 1. The van der Waals surface area contributed by atoms with Crippen LogP contribution in [0, 0.1) is 0 Å².